The summed E-state index contributed by atoms with van der Waals surface area (Å²) in [6.07, 6.45) is 2.67. The number of aryl methyl sites for hydroxylation is 1. The zero-order chi connectivity index (χ0) is 12.7. The second-order valence-corrected chi connectivity index (χ2v) is 4.18. The van der Waals surface area contributed by atoms with Gasteiger partial charge in [0.05, 0.1) is 0 Å². The molecule has 1 aromatic rings. The van der Waals surface area contributed by atoms with Crippen molar-refractivity contribution in [1.82, 2.24) is 5.48 Å². The lowest BCUT2D eigenvalue weighted by molar-refractivity contribution is -0.130. The Bertz CT molecular complexity index is 349. The molecule has 0 bridgehead atoms. The average molecular weight is 236 g/mol. The summed E-state index contributed by atoms with van der Waals surface area (Å²) in [5, 5.41) is 11.8. The molecule has 94 valence electrons. The fraction of sp³-hybridized carbons (Fsp3) is 0.462. The van der Waals surface area contributed by atoms with Crippen molar-refractivity contribution >= 4 is 11.6 Å². The summed E-state index contributed by atoms with van der Waals surface area (Å²) in [4.78, 5) is 11.5. The Balaban J connectivity index is 2.64. The van der Waals surface area contributed by atoms with E-state index in [4.69, 9.17) is 5.21 Å². The van der Waals surface area contributed by atoms with Crippen molar-refractivity contribution in [2.75, 3.05) is 5.32 Å². The van der Waals surface area contributed by atoms with E-state index in [0.29, 0.717) is 6.42 Å². The summed E-state index contributed by atoms with van der Waals surface area (Å²) in [6.45, 7) is 4.08. The molecule has 1 rings (SSSR count). The Morgan fingerprint density at radius 2 is 2.00 bits per heavy atom. The molecule has 1 aromatic carbocycles. The maximum absolute atomic E-state index is 11.5. The Hall–Kier alpha value is -1.55. The summed E-state index contributed by atoms with van der Waals surface area (Å²) in [5.41, 5.74) is 3.77. The second-order valence-electron chi connectivity index (χ2n) is 4.18. The molecule has 0 saturated heterocycles. The topological polar surface area (TPSA) is 61.4 Å². The molecule has 3 N–H and O–H groups in total. The van der Waals surface area contributed by atoms with Crippen molar-refractivity contribution in [3.63, 3.8) is 0 Å². The van der Waals surface area contributed by atoms with Crippen molar-refractivity contribution in [3.05, 3.63) is 29.8 Å². The monoisotopic (exact) mass is 236 g/mol. The molecular formula is C13H20N2O2. The number of carbonyl (C=O) groups excluding carboxylic acids is 1. The van der Waals surface area contributed by atoms with Crippen LogP contribution in [0.2, 0.25) is 0 Å². The van der Waals surface area contributed by atoms with Crippen molar-refractivity contribution in [3.8, 4) is 0 Å². The van der Waals surface area contributed by atoms with E-state index in [1.807, 2.05) is 31.2 Å². The lowest BCUT2D eigenvalue weighted by Crippen LogP contribution is -2.38. The number of benzene rings is 1. The van der Waals surface area contributed by atoms with Gasteiger partial charge in [-0.15, -0.1) is 0 Å². The third-order valence-corrected chi connectivity index (χ3v) is 2.67. The number of unbranched alkanes of at least 4 members (excludes halogenated alkanes) is 1. The molecule has 0 radical (unpaired) electrons. The Morgan fingerprint density at radius 1 is 1.35 bits per heavy atom. The van der Waals surface area contributed by atoms with Crippen LogP contribution in [-0.4, -0.2) is 17.2 Å². The van der Waals surface area contributed by atoms with E-state index < -0.39 is 0 Å². The molecule has 1 amide bonds. The normalized spacial score (nSPS) is 11.9. The van der Waals surface area contributed by atoms with Crippen LogP contribution in [-0.2, 0) is 4.79 Å². The Labute approximate surface area is 102 Å². The van der Waals surface area contributed by atoms with Gasteiger partial charge in [0.25, 0.3) is 5.91 Å². The van der Waals surface area contributed by atoms with E-state index in [9.17, 15) is 4.79 Å². The summed E-state index contributed by atoms with van der Waals surface area (Å²) in [5.74, 6) is -0.390. The van der Waals surface area contributed by atoms with Crippen LogP contribution in [0.25, 0.3) is 0 Å². The van der Waals surface area contributed by atoms with Crippen molar-refractivity contribution in [2.45, 2.75) is 39.2 Å². The minimum atomic E-state index is -0.390. The van der Waals surface area contributed by atoms with E-state index in [0.717, 1.165) is 18.5 Å². The zero-order valence-electron chi connectivity index (χ0n) is 10.4. The lowest BCUT2D eigenvalue weighted by atomic mass is 10.1. The summed E-state index contributed by atoms with van der Waals surface area (Å²) in [7, 11) is 0. The standard InChI is InChI=1S/C13H20N2O2/c1-3-4-5-12(13(16)15-17)14-11-8-6-10(2)7-9-11/h6-9,12,14,17H,3-5H2,1-2H3,(H,15,16). The van der Waals surface area contributed by atoms with E-state index in [-0.39, 0.29) is 11.9 Å². The summed E-state index contributed by atoms with van der Waals surface area (Å²) < 4.78 is 0. The van der Waals surface area contributed by atoms with Gasteiger partial charge in [0.2, 0.25) is 0 Å². The first-order valence-corrected chi connectivity index (χ1v) is 5.94. The van der Waals surface area contributed by atoms with Gasteiger partial charge in [-0.25, -0.2) is 5.48 Å². The van der Waals surface area contributed by atoms with Crippen molar-refractivity contribution in [1.29, 1.82) is 0 Å². The number of carbonyl (C=O) groups is 1. The van der Waals surface area contributed by atoms with Gasteiger partial charge in [-0.3, -0.25) is 10.0 Å². The first-order chi connectivity index (χ1) is 8.17. The maximum atomic E-state index is 11.5. The highest BCUT2D eigenvalue weighted by atomic mass is 16.5. The van der Waals surface area contributed by atoms with E-state index in [1.54, 1.807) is 5.48 Å². The summed E-state index contributed by atoms with van der Waals surface area (Å²) >= 11 is 0. The SMILES string of the molecule is CCCCC(Nc1ccc(C)cc1)C(=O)NO. The number of anilines is 1. The van der Waals surface area contributed by atoms with Crippen LogP contribution in [0.5, 0.6) is 0 Å². The van der Waals surface area contributed by atoms with Crippen LogP contribution in [0.4, 0.5) is 5.69 Å². The highest BCUT2D eigenvalue weighted by Gasteiger charge is 2.16. The molecule has 0 fully saturated rings. The van der Waals surface area contributed by atoms with Crippen LogP contribution in [0.15, 0.2) is 24.3 Å². The predicted octanol–water partition coefficient (Wildman–Crippen LogP) is 2.47. The Morgan fingerprint density at radius 3 is 2.53 bits per heavy atom. The third kappa shape index (κ3) is 4.44. The second kappa shape index (κ2) is 6.91. The molecule has 0 saturated carbocycles. The van der Waals surface area contributed by atoms with Gasteiger partial charge in [0, 0.05) is 5.69 Å². The molecule has 0 aromatic heterocycles. The summed E-state index contributed by atoms with van der Waals surface area (Å²) in [6, 6.07) is 7.44. The average Bonchev–Trinajstić information content (AvgIpc) is 2.36. The van der Waals surface area contributed by atoms with Crippen molar-refractivity contribution in [2.24, 2.45) is 0 Å². The van der Waals surface area contributed by atoms with Gasteiger partial charge >= 0.3 is 0 Å². The predicted molar refractivity (Wildman–Crippen MR) is 68.0 cm³/mol. The smallest absolute Gasteiger partial charge is 0.265 e. The molecule has 1 atom stereocenters. The number of amides is 1. The van der Waals surface area contributed by atoms with Gasteiger partial charge in [-0.2, -0.15) is 0 Å². The molecule has 0 aliphatic carbocycles. The van der Waals surface area contributed by atoms with Gasteiger partial charge in [0.15, 0.2) is 0 Å². The van der Waals surface area contributed by atoms with Crippen LogP contribution in [0.3, 0.4) is 0 Å². The van der Waals surface area contributed by atoms with Gasteiger partial charge in [-0.05, 0) is 25.5 Å². The van der Waals surface area contributed by atoms with Crippen LogP contribution in [0.1, 0.15) is 31.7 Å². The Kier molecular flexibility index (Phi) is 5.49. The molecule has 0 heterocycles. The van der Waals surface area contributed by atoms with Crippen molar-refractivity contribution < 1.29 is 10.0 Å². The molecule has 17 heavy (non-hydrogen) atoms. The fourth-order valence-electron chi connectivity index (χ4n) is 1.61. The van der Waals surface area contributed by atoms with Gasteiger partial charge < -0.3 is 5.32 Å². The molecular weight excluding hydrogens is 216 g/mol. The van der Waals surface area contributed by atoms with Crippen LogP contribution >= 0.6 is 0 Å². The van der Waals surface area contributed by atoms with E-state index in [1.165, 1.54) is 5.56 Å². The quantitative estimate of drug-likeness (QED) is 0.525. The lowest BCUT2D eigenvalue weighted by Gasteiger charge is -2.17. The molecule has 4 nitrogen and oxygen atoms in total. The zero-order valence-corrected chi connectivity index (χ0v) is 10.4. The largest absolute Gasteiger partial charge is 0.374 e. The molecule has 0 aliphatic rings. The third-order valence-electron chi connectivity index (χ3n) is 2.67. The minimum absolute atomic E-state index is 0.386. The van der Waals surface area contributed by atoms with Gasteiger partial charge in [0.1, 0.15) is 6.04 Å². The molecule has 0 spiro atoms. The molecule has 1 unspecified atom stereocenters. The first-order valence-electron chi connectivity index (χ1n) is 5.94. The van der Waals surface area contributed by atoms with Crippen LogP contribution < -0.4 is 10.8 Å². The van der Waals surface area contributed by atoms with E-state index in [2.05, 4.69) is 12.2 Å². The maximum Gasteiger partial charge on any atom is 0.265 e. The number of hydrogen-bond donors (Lipinski definition) is 3. The fourth-order valence-corrected chi connectivity index (χ4v) is 1.61. The molecule has 4 heteroatoms. The minimum Gasteiger partial charge on any atom is -0.374 e. The molecule has 0 aliphatic heterocycles. The first kappa shape index (κ1) is 13.5. The number of hydroxylamine groups is 1. The number of nitrogens with one attached hydrogen (secondary N) is 2. The van der Waals surface area contributed by atoms with Gasteiger partial charge in [-0.1, -0.05) is 37.5 Å². The van der Waals surface area contributed by atoms with E-state index >= 15 is 0 Å². The highest BCUT2D eigenvalue weighted by Crippen LogP contribution is 2.13. The highest BCUT2D eigenvalue weighted by molar-refractivity contribution is 5.83. The number of hydrogen-bond acceptors (Lipinski definition) is 3. The van der Waals surface area contributed by atoms with Crippen LogP contribution in [0, 0.1) is 6.92 Å². The number of rotatable bonds is 6.